The standard InChI is InChI=1S/C42H26N4O6/c47-37(27-15-21-33-35(23-27)41(51)45(39(33)49)31-7-3-1-4-8-31)43-29-17-11-25(12-18-29)26-13-19-30(20-14-26)44-38(48)28-16-22-34-36(24-28)42(52)46(40(34)50)32-9-5-2-6-10-32/h1-24H,(H,43,47)(H,44,48). The summed E-state index contributed by atoms with van der Waals surface area (Å²) in [7, 11) is 0. The van der Waals surface area contributed by atoms with Gasteiger partial charge in [0.2, 0.25) is 0 Å². The zero-order valence-electron chi connectivity index (χ0n) is 27.2. The molecule has 10 heteroatoms. The smallest absolute Gasteiger partial charge is 0.266 e. The van der Waals surface area contributed by atoms with Gasteiger partial charge in [-0.2, -0.15) is 0 Å². The lowest BCUT2D eigenvalue weighted by Gasteiger charge is -2.13. The normalized spacial score (nSPS) is 13.2. The number of hydrogen-bond acceptors (Lipinski definition) is 6. The number of fused-ring (bicyclic) bond motifs is 2. The van der Waals surface area contributed by atoms with Crippen LogP contribution in [0.3, 0.4) is 0 Å². The van der Waals surface area contributed by atoms with E-state index in [-0.39, 0.29) is 33.4 Å². The van der Waals surface area contributed by atoms with Gasteiger partial charge in [0, 0.05) is 22.5 Å². The van der Waals surface area contributed by atoms with Gasteiger partial charge >= 0.3 is 0 Å². The molecule has 0 fully saturated rings. The van der Waals surface area contributed by atoms with Crippen LogP contribution in [-0.4, -0.2) is 35.4 Å². The molecule has 52 heavy (non-hydrogen) atoms. The van der Waals surface area contributed by atoms with Crippen molar-refractivity contribution in [2.75, 3.05) is 20.4 Å². The lowest BCUT2D eigenvalue weighted by Crippen LogP contribution is -2.29. The number of amides is 6. The van der Waals surface area contributed by atoms with Crippen molar-refractivity contribution in [1.82, 2.24) is 0 Å². The van der Waals surface area contributed by atoms with E-state index in [9.17, 15) is 28.8 Å². The Balaban J connectivity index is 0.907. The summed E-state index contributed by atoms with van der Waals surface area (Å²) in [4.78, 5) is 80.4. The Kier molecular flexibility index (Phi) is 7.81. The maximum atomic E-state index is 13.1. The number of carbonyl (C=O) groups excluding carboxylic acids is 6. The van der Waals surface area contributed by atoms with Gasteiger partial charge in [0.05, 0.1) is 33.6 Å². The first-order valence-corrected chi connectivity index (χ1v) is 16.3. The van der Waals surface area contributed by atoms with E-state index in [4.69, 9.17) is 0 Å². The molecule has 250 valence electrons. The Morgan fingerprint density at radius 2 is 0.731 bits per heavy atom. The molecule has 6 aromatic rings. The van der Waals surface area contributed by atoms with Crippen molar-refractivity contribution in [1.29, 1.82) is 0 Å². The number of para-hydroxylation sites is 2. The fourth-order valence-electron chi connectivity index (χ4n) is 6.29. The Morgan fingerprint density at radius 3 is 1.10 bits per heavy atom. The number of benzene rings is 6. The summed E-state index contributed by atoms with van der Waals surface area (Å²) in [6, 6.07) is 40.5. The zero-order valence-corrected chi connectivity index (χ0v) is 27.2. The largest absolute Gasteiger partial charge is 0.322 e. The van der Waals surface area contributed by atoms with E-state index in [1.165, 1.54) is 36.4 Å². The lowest BCUT2D eigenvalue weighted by molar-refractivity contribution is 0.0910. The molecule has 10 nitrogen and oxygen atoms in total. The summed E-state index contributed by atoms with van der Waals surface area (Å²) in [6.45, 7) is 0. The van der Waals surface area contributed by atoms with Crippen molar-refractivity contribution in [2.24, 2.45) is 0 Å². The number of carbonyl (C=O) groups is 6. The highest BCUT2D eigenvalue weighted by atomic mass is 16.2. The molecule has 0 aromatic heterocycles. The van der Waals surface area contributed by atoms with Crippen LogP contribution in [0, 0.1) is 0 Å². The third-order valence-electron chi connectivity index (χ3n) is 8.95. The topological polar surface area (TPSA) is 133 Å². The van der Waals surface area contributed by atoms with Gasteiger partial charge in [-0.3, -0.25) is 28.8 Å². The molecule has 0 saturated heterocycles. The van der Waals surface area contributed by atoms with E-state index in [1.54, 1.807) is 84.9 Å². The van der Waals surface area contributed by atoms with E-state index < -0.39 is 35.4 Å². The molecule has 0 atom stereocenters. The van der Waals surface area contributed by atoms with Crippen LogP contribution >= 0.6 is 0 Å². The second-order valence-electron chi connectivity index (χ2n) is 12.1. The molecule has 0 unspecified atom stereocenters. The Hall–Kier alpha value is -7.46. The SMILES string of the molecule is O=C(Nc1ccc(-c2ccc(NC(=O)c3ccc4c(c3)C(=O)N(c3ccccc3)C4=O)cc2)cc1)c1ccc2c(c1)C(=O)N(c1ccccc1)C2=O. The average molecular weight is 683 g/mol. The van der Waals surface area contributed by atoms with Gasteiger partial charge < -0.3 is 10.6 Å². The summed E-state index contributed by atoms with van der Waals surface area (Å²) in [5, 5.41) is 5.67. The fraction of sp³-hybridized carbons (Fsp3) is 0. The van der Waals surface area contributed by atoms with Crippen molar-refractivity contribution in [3.8, 4) is 11.1 Å². The van der Waals surface area contributed by atoms with E-state index >= 15 is 0 Å². The third-order valence-corrected chi connectivity index (χ3v) is 8.95. The fourth-order valence-corrected chi connectivity index (χ4v) is 6.29. The van der Waals surface area contributed by atoms with Gasteiger partial charge in [0.25, 0.3) is 35.4 Å². The summed E-state index contributed by atoms with van der Waals surface area (Å²) >= 11 is 0. The van der Waals surface area contributed by atoms with Crippen molar-refractivity contribution < 1.29 is 28.8 Å². The third kappa shape index (κ3) is 5.60. The monoisotopic (exact) mass is 682 g/mol. The van der Waals surface area contributed by atoms with Gasteiger partial charge in [-0.1, -0.05) is 60.7 Å². The molecule has 2 N–H and O–H groups in total. The summed E-state index contributed by atoms with van der Waals surface area (Å²) in [6.07, 6.45) is 0. The van der Waals surface area contributed by atoms with Gasteiger partial charge in [-0.05, 0) is 96.1 Å². The number of anilines is 4. The highest BCUT2D eigenvalue weighted by molar-refractivity contribution is 6.35. The second-order valence-corrected chi connectivity index (χ2v) is 12.1. The van der Waals surface area contributed by atoms with Gasteiger partial charge in [0.1, 0.15) is 0 Å². The summed E-state index contributed by atoms with van der Waals surface area (Å²) < 4.78 is 0. The minimum Gasteiger partial charge on any atom is -0.322 e. The minimum atomic E-state index is -0.483. The van der Waals surface area contributed by atoms with Crippen molar-refractivity contribution in [2.45, 2.75) is 0 Å². The first-order chi connectivity index (χ1) is 25.3. The number of imide groups is 2. The van der Waals surface area contributed by atoms with Crippen molar-refractivity contribution in [3.05, 3.63) is 179 Å². The molecule has 0 bridgehead atoms. The van der Waals surface area contributed by atoms with Crippen LogP contribution < -0.4 is 20.4 Å². The summed E-state index contributed by atoms with van der Waals surface area (Å²) in [5.41, 5.74) is 5.04. The van der Waals surface area contributed by atoms with Crippen LogP contribution in [0.5, 0.6) is 0 Å². The molecule has 2 aliphatic rings. The summed E-state index contributed by atoms with van der Waals surface area (Å²) in [5.74, 6) is -2.69. The molecule has 6 amide bonds. The van der Waals surface area contributed by atoms with E-state index in [1.807, 2.05) is 24.3 Å². The van der Waals surface area contributed by atoms with Crippen LogP contribution in [0.15, 0.2) is 146 Å². The van der Waals surface area contributed by atoms with Crippen molar-refractivity contribution >= 4 is 58.2 Å². The second kappa shape index (κ2) is 12.8. The molecule has 8 rings (SSSR count). The number of nitrogens with one attached hydrogen (secondary N) is 2. The number of hydrogen-bond donors (Lipinski definition) is 2. The zero-order chi connectivity index (χ0) is 35.9. The molecular formula is C42H26N4O6. The number of nitrogens with zero attached hydrogens (tertiary/aromatic N) is 2. The Morgan fingerprint density at radius 1 is 0.385 bits per heavy atom. The maximum Gasteiger partial charge on any atom is 0.266 e. The predicted octanol–water partition coefficient (Wildman–Crippen LogP) is 7.46. The molecule has 6 aromatic carbocycles. The first kappa shape index (κ1) is 31.8. The quantitative estimate of drug-likeness (QED) is 0.168. The van der Waals surface area contributed by atoms with E-state index in [0.717, 1.165) is 20.9 Å². The lowest BCUT2D eigenvalue weighted by atomic mass is 10.0. The first-order valence-electron chi connectivity index (χ1n) is 16.3. The molecule has 0 saturated carbocycles. The van der Waals surface area contributed by atoms with Gasteiger partial charge in [-0.15, -0.1) is 0 Å². The molecular weight excluding hydrogens is 656 g/mol. The molecule has 0 spiro atoms. The van der Waals surface area contributed by atoms with Crippen LogP contribution in [0.25, 0.3) is 11.1 Å². The number of rotatable bonds is 7. The molecule has 0 radical (unpaired) electrons. The average Bonchev–Trinajstić information content (AvgIpc) is 3.58. The van der Waals surface area contributed by atoms with Crippen LogP contribution in [-0.2, 0) is 0 Å². The molecule has 0 aliphatic carbocycles. The van der Waals surface area contributed by atoms with Gasteiger partial charge in [0.15, 0.2) is 0 Å². The van der Waals surface area contributed by atoms with Crippen LogP contribution in [0.1, 0.15) is 62.1 Å². The highest BCUT2D eigenvalue weighted by Crippen LogP contribution is 2.31. The van der Waals surface area contributed by atoms with Crippen molar-refractivity contribution in [3.63, 3.8) is 0 Å². The predicted molar refractivity (Wildman–Crippen MR) is 196 cm³/mol. The molecule has 2 aliphatic heterocycles. The van der Waals surface area contributed by atoms with Gasteiger partial charge in [-0.25, -0.2) is 9.80 Å². The van der Waals surface area contributed by atoms with Crippen LogP contribution in [0.4, 0.5) is 22.7 Å². The molecule has 2 heterocycles. The van der Waals surface area contributed by atoms with Crippen LogP contribution in [0.2, 0.25) is 0 Å². The Labute approximate surface area is 296 Å². The highest BCUT2D eigenvalue weighted by Gasteiger charge is 2.38. The van der Waals surface area contributed by atoms with E-state index in [2.05, 4.69) is 10.6 Å². The van der Waals surface area contributed by atoms with E-state index in [0.29, 0.717) is 22.7 Å². The Bertz CT molecular complexity index is 2290. The maximum absolute atomic E-state index is 13.1. The minimum absolute atomic E-state index is 0.172.